The summed E-state index contributed by atoms with van der Waals surface area (Å²) in [7, 11) is 0. The number of nitrogens with zero attached hydrogens (tertiary/aromatic N) is 4. The zero-order valence-electron chi connectivity index (χ0n) is 11.2. The number of halogens is 1. The van der Waals surface area contributed by atoms with Gasteiger partial charge in [-0.3, -0.25) is 0 Å². The van der Waals surface area contributed by atoms with E-state index in [9.17, 15) is 0 Å². The first-order valence-electron chi connectivity index (χ1n) is 7.20. The minimum absolute atomic E-state index is 0.355. The molecule has 1 aliphatic heterocycles. The van der Waals surface area contributed by atoms with Crippen LogP contribution in [0.25, 0.3) is 5.65 Å². The second-order valence-electron chi connectivity index (χ2n) is 5.50. The van der Waals surface area contributed by atoms with Gasteiger partial charge in [0.1, 0.15) is 4.60 Å². The third-order valence-electron chi connectivity index (χ3n) is 4.33. The Morgan fingerprint density at radius 1 is 1.30 bits per heavy atom. The van der Waals surface area contributed by atoms with Crippen molar-refractivity contribution in [1.29, 1.82) is 0 Å². The minimum atomic E-state index is 0.355. The Bertz CT molecular complexity index is 627. The first-order chi connectivity index (χ1) is 9.83. The number of rotatable bonds is 1. The topological polar surface area (TPSA) is 42.7 Å². The van der Waals surface area contributed by atoms with Gasteiger partial charge < -0.3 is 14.0 Å². The first kappa shape index (κ1) is 12.6. The van der Waals surface area contributed by atoms with E-state index in [1.807, 2.05) is 23.0 Å². The molecule has 106 valence electrons. The molecule has 2 atom stereocenters. The van der Waals surface area contributed by atoms with Gasteiger partial charge in [0.15, 0.2) is 11.5 Å². The molecule has 4 rings (SSSR count). The van der Waals surface area contributed by atoms with Crippen LogP contribution in [0, 0.1) is 0 Å². The van der Waals surface area contributed by atoms with Crippen LogP contribution in [-0.4, -0.2) is 39.7 Å². The van der Waals surface area contributed by atoms with Crippen LogP contribution < -0.4 is 4.90 Å². The van der Waals surface area contributed by atoms with Gasteiger partial charge in [-0.2, -0.15) is 0 Å². The Kier molecular flexibility index (Phi) is 3.15. The fourth-order valence-corrected chi connectivity index (χ4v) is 3.83. The summed E-state index contributed by atoms with van der Waals surface area (Å²) in [6, 6.07) is 0.444. The van der Waals surface area contributed by atoms with Crippen molar-refractivity contribution < 1.29 is 4.74 Å². The van der Waals surface area contributed by atoms with Gasteiger partial charge in [0.2, 0.25) is 0 Å². The van der Waals surface area contributed by atoms with E-state index in [-0.39, 0.29) is 0 Å². The minimum Gasteiger partial charge on any atom is -0.374 e. The molecule has 2 fully saturated rings. The van der Waals surface area contributed by atoms with E-state index in [1.165, 1.54) is 25.7 Å². The standard InChI is InChI=1S/C14H17BrN4O/c15-12-9-18-6-5-16-13(18)14(17-12)19-7-8-20-11-4-2-1-3-10(11)19/h5-6,9-11H,1-4,7-8H2. The van der Waals surface area contributed by atoms with E-state index < -0.39 is 0 Å². The van der Waals surface area contributed by atoms with Gasteiger partial charge >= 0.3 is 0 Å². The summed E-state index contributed by atoms with van der Waals surface area (Å²) >= 11 is 3.50. The summed E-state index contributed by atoms with van der Waals surface area (Å²) in [5.41, 5.74) is 0.930. The highest BCUT2D eigenvalue weighted by Crippen LogP contribution is 2.33. The van der Waals surface area contributed by atoms with Crippen LogP contribution in [0.2, 0.25) is 0 Å². The molecular formula is C14H17BrN4O. The molecule has 1 saturated carbocycles. The van der Waals surface area contributed by atoms with Crippen LogP contribution >= 0.6 is 15.9 Å². The van der Waals surface area contributed by atoms with Crippen molar-refractivity contribution in [3.05, 3.63) is 23.2 Å². The van der Waals surface area contributed by atoms with E-state index in [0.29, 0.717) is 12.1 Å². The Balaban J connectivity index is 1.79. The fourth-order valence-electron chi connectivity index (χ4n) is 3.44. The molecule has 2 aromatic heterocycles. The third-order valence-corrected chi connectivity index (χ3v) is 4.71. The number of anilines is 1. The summed E-state index contributed by atoms with van der Waals surface area (Å²) in [6.07, 6.45) is 11.0. The normalized spacial score (nSPS) is 26.8. The number of hydrogen-bond donors (Lipinski definition) is 0. The van der Waals surface area contributed by atoms with Crippen molar-refractivity contribution in [2.45, 2.75) is 37.8 Å². The summed E-state index contributed by atoms with van der Waals surface area (Å²) in [5, 5.41) is 0. The smallest absolute Gasteiger partial charge is 0.180 e. The zero-order valence-corrected chi connectivity index (χ0v) is 12.8. The summed E-state index contributed by atoms with van der Waals surface area (Å²) in [4.78, 5) is 11.6. The molecule has 1 aliphatic carbocycles. The number of ether oxygens (including phenoxy) is 1. The SMILES string of the molecule is Brc1cn2ccnc2c(N2CCOC3CCCCC32)n1. The largest absolute Gasteiger partial charge is 0.374 e. The second-order valence-corrected chi connectivity index (χ2v) is 6.31. The lowest BCUT2D eigenvalue weighted by Crippen LogP contribution is -2.53. The molecule has 5 nitrogen and oxygen atoms in total. The van der Waals surface area contributed by atoms with Crippen molar-refractivity contribution in [3.8, 4) is 0 Å². The maximum atomic E-state index is 5.95. The lowest BCUT2D eigenvalue weighted by Gasteiger charge is -2.44. The highest BCUT2D eigenvalue weighted by Gasteiger charge is 2.35. The van der Waals surface area contributed by atoms with E-state index in [2.05, 4.69) is 25.8 Å². The van der Waals surface area contributed by atoms with Crippen LogP contribution in [0.1, 0.15) is 25.7 Å². The molecule has 6 heteroatoms. The van der Waals surface area contributed by atoms with Crippen molar-refractivity contribution in [3.63, 3.8) is 0 Å². The van der Waals surface area contributed by atoms with E-state index >= 15 is 0 Å². The molecule has 20 heavy (non-hydrogen) atoms. The summed E-state index contributed by atoms with van der Waals surface area (Å²) < 4.78 is 8.82. The first-order valence-corrected chi connectivity index (χ1v) is 8.00. The molecule has 0 radical (unpaired) electrons. The lowest BCUT2D eigenvalue weighted by atomic mass is 9.90. The molecule has 0 bridgehead atoms. The third kappa shape index (κ3) is 2.02. The molecule has 3 heterocycles. The number of hydrogen-bond acceptors (Lipinski definition) is 4. The van der Waals surface area contributed by atoms with Crippen LogP contribution in [0.3, 0.4) is 0 Å². The molecular weight excluding hydrogens is 320 g/mol. The van der Waals surface area contributed by atoms with E-state index in [0.717, 1.165) is 29.2 Å². The molecule has 2 unspecified atom stereocenters. The number of morpholine rings is 1. The average molecular weight is 337 g/mol. The maximum Gasteiger partial charge on any atom is 0.180 e. The Morgan fingerprint density at radius 3 is 3.15 bits per heavy atom. The van der Waals surface area contributed by atoms with Crippen molar-refractivity contribution in [2.24, 2.45) is 0 Å². The van der Waals surface area contributed by atoms with Crippen LogP contribution in [-0.2, 0) is 4.74 Å². The molecule has 2 aromatic rings. The molecule has 0 N–H and O–H groups in total. The summed E-state index contributed by atoms with van der Waals surface area (Å²) in [6.45, 7) is 1.68. The van der Waals surface area contributed by atoms with Gasteiger partial charge in [0.05, 0.1) is 18.8 Å². The Morgan fingerprint density at radius 2 is 2.20 bits per heavy atom. The second kappa shape index (κ2) is 5.00. The van der Waals surface area contributed by atoms with Crippen LogP contribution in [0.15, 0.2) is 23.2 Å². The van der Waals surface area contributed by atoms with Gasteiger partial charge in [-0.05, 0) is 28.8 Å². The van der Waals surface area contributed by atoms with E-state index in [1.54, 1.807) is 0 Å². The van der Waals surface area contributed by atoms with Gasteiger partial charge in [-0.15, -0.1) is 0 Å². The summed E-state index contributed by atoms with van der Waals surface area (Å²) in [5.74, 6) is 0.976. The van der Waals surface area contributed by atoms with Crippen molar-refractivity contribution in [1.82, 2.24) is 14.4 Å². The molecule has 0 aromatic carbocycles. The predicted octanol–water partition coefficient (Wildman–Crippen LogP) is 2.64. The molecule has 1 saturated heterocycles. The monoisotopic (exact) mass is 336 g/mol. The fraction of sp³-hybridized carbons (Fsp3) is 0.571. The van der Waals surface area contributed by atoms with Gasteiger partial charge in [-0.1, -0.05) is 12.8 Å². The average Bonchev–Trinajstić information content (AvgIpc) is 2.94. The highest BCUT2D eigenvalue weighted by atomic mass is 79.9. The number of imidazole rings is 1. The van der Waals surface area contributed by atoms with Gasteiger partial charge in [-0.25, -0.2) is 9.97 Å². The molecule has 0 spiro atoms. The Labute approximate surface area is 126 Å². The number of fused-ring (bicyclic) bond motifs is 2. The predicted molar refractivity (Wildman–Crippen MR) is 80.0 cm³/mol. The number of aromatic nitrogens is 3. The van der Waals surface area contributed by atoms with Crippen molar-refractivity contribution >= 4 is 27.4 Å². The van der Waals surface area contributed by atoms with Crippen LogP contribution in [0.5, 0.6) is 0 Å². The lowest BCUT2D eigenvalue weighted by molar-refractivity contribution is -0.00891. The van der Waals surface area contributed by atoms with Gasteiger partial charge in [0.25, 0.3) is 0 Å². The molecule has 0 amide bonds. The van der Waals surface area contributed by atoms with Crippen molar-refractivity contribution in [2.75, 3.05) is 18.1 Å². The van der Waals surface area contributed by atoms with E-state index in [4.69, 9.17) is 9.72 Å². The quantitative estimate of drug-likeness (QED) is 0.802. The van der Waals surface area contributed by atoms with Crippen LogP contribution in [0.4, 0.5) is 5.82 Å². The zero-order chi connectivity index (χ0) is 13.5. The van der Waals surface area contributed by atoms with Gasteiger partial charge in [0, 0.05) is 25.1 Å². The highest BCUT2D eigenvalue weighted by molar-refractivity contribution is 9.10. The maximum absolute atomic E-state index is 5.95. The Hall–Kier alpha value is -1.14. The molecule has 2 aliphatic rings.